The first-order chi connectivity index (χ1) is 19.4. The van der Waals surface area contributed by atoms with Gasteiger partial charge in [-0.2, -0.15) is 0 Å². The van der Waals surface area contributed by atoms with Gasteiger partial charge in [0.05, 0.1) is 0 Å². The number of hydrogen-bond acceptors (Lipinski definition) is 2. The Bertz CT molecular complexity index is 1300. The Hall–Kier alpha value is -4.18. The van der Waals surface area contributed by atoms with Crippen molar-refractivity contribution >= 4 is 11.8 Å². The van der Waals surface area contributed by atoms with Crippen LogP contribution in [0.3, 0.4) is 0 Å². The molecular weight excluding hydrogens is 492 g/mol. The maximum atomic E-state index is 14.4. The molecule has 4 nitrogen and oxygen atoms in total. The highest BCUT2D eigenvalue weighted by Crippen LogP contribution is 2.30. The third kappa shape index (κ3) is 8.16. The molecule has 0 spiro atoms. The van der Waals surface area contributed by atoms with Gasteiger partial charge in [-0.3, -0.25) is 9.59 Å². The van der Waals surface area contributed by atoms with Gasteiger partial charge in [0.1, 0.15) is 6.04 Å². The van der Waals surface area contributed by atoms with Crippen molar-refractivity contribution < 1.29 is 9.59 Å². The average Bonchev–Trinajstić information content (AvgIpc) is 2.98. The van der Waals surface area contributed by atoms with E-state index in [0.717, 1.165) is 27.8 Å². The summed E-state index contributed by atoms with van der Waals surface area (Å²) in [5, 5.41) is 3.12. The van der Waals surface area contributed by atoms with Crippen molar-refractivity contribution in [1.29, 1.82) is 0 Å². The predicted octanol–water partition coefficient (Wildman–Crippen LogP) is 6.93. The number of benzene rings is 4. The van der Waals surface area contributed by atoms with E-state index in [2.05, 4.69) is 62.5 Å². The van der Waals surface area contributed by atoms with Gasteiger partial charge in [-0.1, -0.05) is 135 Å². The zero-order chi connectivity index (χ0) is 28.3. The number of nitrogens with one attached hydrogen (secondary N) is 1. The van der Waals surface area contributed by atoms with E-state index >= 15 is 0 Å². The fourth-order valence-electron chi connectivity index (χ4n) is 4.96. The molecule has 2 amide bonds. The molecular formula is C36H40N2O2. The van der Waals surface area contributed by atoms with Crippen LogP contribution in [0.2, 0.25) is 0 Å². The summed E-state index contributed by atoms with van der Waals surface area (Å²) in [4.78, 5) is 30.0. The minimum atomic E-state index is -0.637. The summed E-state index contributed by atoms with van der Waals surface area (Å²) in [5.74, 6) is 0.0301. The van der Waals surface area contributed by atoms with Gasteiger partial charge in [0.15, 0.2) is 0 Å². The van der Waals surface area contributed by atoms with Crippen LogP contribution in [0.5, 0.6) is 0 Å². The summed E-state index contributed by atoms with van der Waals surface area (Å²) in [5.41, 5.74) is 5.36. The molecule has 0 fully saturated rings. The highest BCUT2D eigenvalue weighted by molar-refractivity contribution is 5.88. The Morgan fingerprint density at radius 2 is 1.23 bits per heavy atom. The van der Waals surface area contributed by atoms with Gasteiger partial charge in [-0.05, 0) is 35.1 Å². The van der Waals surface area contributed by atoms with Crippen molar-refractivity contribution in [2.45, 2.75) is 52.1 Å². The monoisotopic (exact) mass is 532 g/mol. The van der Waals surface area contributed by atoms with Crippen LogP contribution in [0.1, 0.15) is 54.0 Å². The molecule has 4 aromatic carbocycles. The predicted molar refractivity (Wildman–Crippen MR) is 163 cm³/mol. The van der Waals surface area contributed by atoms with Crippen LogP contribution in [-0.4, -0.2) is 29.3 Å². The van der Waals surface area contributed by atoms with Gasteiger partial charge in [0.25, 0.3) is 0 Å². The Balaban J connectivity index is 1.72. The van der Waals surface area contributed by atoms with Crippen LogP contribution in [0, 0.1) is 12.8 Å². The van der Waals surface area contributed by atoms with Crippen LogP contribution in [0.15, 0.2) is 115 Å². The van der Waals surface area contributed by atoms with Gasteiger partial charge in [-0.25, -0.2) is 0 Å². The Morgan fingerprint density at radius 3 is 1.75 bits per heavy atom. The average molecular weight is 533 g/mol. The van der Waals surface area contributed by atoms with Crippen molar-refractivity contribution in [3.8, 4) is 0 Å². The van der Waals surface area contributed by atoms with Crippen molar-refractivity contribution in [2.75, 3.05) is 6.54 Å². The quantitative estimate of drug-likeness (QED) is 0.215. The molecule has 0 saturated heterocycles. The molecule has 1 N–H and O–H groups in total. The molecule has 0 unspecified atom stereocenters. The highest BCUT2D eigenvalue weighted by Gasteiger charge is 2.32. The molecule has 4 aromatic rings. The van der Waals surface area contributed by atoms with E-state index in [1.165, 1.54) is 0 Å². The molecule has 0 saturated carbocycles. The van der Waals surface area contributed by atoms with E-state index in [-0.39, 0.29) is 24.2 Å². The standard InChI is InChI=1S/C36H40N2O2/c1-27(2)25-37-36(40)34(23-29-13-7-4-8-14-29)38(26-30-21-19-28(3)20-22-30)35(39)24-33(31-15-9-5-10-16-31)32-17-11-6-12-18-32/h4-22,27,33-34H,23-26H2,1-3H3,(H,37,40)/t34-/m1/s1. The minimum absolute atomic E-state index is 0.0427. The maximum Gasteiger partial charge on any atom is 0.243 e. The van der Waals surface area contributed by atoms with Gasteiger partial charge < -0.3 is 10.2 Å². The first-order valence-electron chi connectivity index (χ1n) is 14.2. The minimum Gasteiger partial charge on any atom is -0.354 e. The zero-order valence-corrected chi connectivity index (χ0v) is 23.8. The SMILES string of the molecule is Cc1ccc(CN(C(=O)CC(c2ccccc2)c2ccccc2)[C@H](Cc2ccccc2)C(=O)NCC(C)C)cc1. The molecule has 0 radical (unpaired) electrons. The summed E-state index contributed by atoms with van der Waals surface area (Å²) in [6.07, 6.45) is 0.715. The normalized spacial score (nSPS) is 11.8. The van der Waals surface area contributed by atoms with Crippen LogP contribution in [0.4, 0.5) is 0 Å². The molecule has 206 valence electrons. The number of nitrogens with zero attached hydrogens (tertiary/aromatic N) is 1. The molecule has 0 heterocycles. The number of aryl methyl sites for hydroxylation is 1. The number of hydrogen-bond donors (Lipinski definition) is 1. The van der Waals surface area contributed by atoms with Crippen molar-refractivity contribution in [2.24, 2.45) is 5.92 Å². The van der Waals surface area contributed by atoms with Gasteiger partial charge in [0.2, 0.25) is 11.8 Å². The number of amides is 2. The molecule has 4 heteroatoms. The fraction of sp³-hybridized carbons (Fsp3) is 0.278. The fourth-order valence-corrected chi connectivity index (χ4v) is 4.96. The first kappa shape index (κ1) is 28.8. The topological polar surface area (TPSA) is 49.4 Å². The summed E-state index contributed by atoms with van der Waals surface area (Å²) in [6, 6.07) is 37.9. The van der Waals surface area contributed by atoms with E-state index in [4.69, 9.17) is 0 Å². The second-order valence-electron chi connectivity index (χ2n) is 10.9. The Morgan fingerprint density at radius 1 is 0.700 bits per heavy atom. The molecule has 40 heavy (non-hydrogen) atoms. The largest absolute Gasteiger partial charge is 0.354 e. The molecule has 0 bridgehead atoms. The molecule has 0 aliphatic heterocycles. The van der Waals surface area contributed by atoms with Gasteiger partial charge in [-0.15, -0.1) is 0 Å². The van der Waals surface area contributed by atoms with Crippen molar-refractivity contribution in [3.63, 3.8) is 0 Å². The van der Waals surface area contributed by atoms with E-state index in [1.807, 2.05) is 78.9 Å². The molecule has 0 aliphatic rings. The van der Waals surface area contributed by atoms with Crippen LogP contribution in [0.25, 0.3) is 0 Å². The lowest BCUT2D eigenvalue weighted by Gasteiger charge is -2.33. The Labute approximate surface area is 239 Å². The second-order valence-corrected chi connectivity index (χ2v) is 10.9. The highest BCUT2D eigenvalue weighted by atomic mass is 16.2. The van der Waals surface area contributed by atoms with Crippen LogP contribution in [-0.2, 0) is 22.6 Å². The lowest BCUT2D eigenvalue weighted by atomic mass is 9.87. The number of carbonyl (C=O) groups excluding carboxylic acids is 2. The van der Waals surface area contributed by atoms with Crippen LogP contribution >= 0.6 is 0 Å². The van der Waals surface area contributed by atoms with Gasteiger partial charge >= 0.3 is 0 Å². The first-order valence-corrected chi connectivity index (χ1v) is 14.2. The lowest BCUT2D eigenvalue weighted by molar-refractivity contribution is -0.141. The number of rotatable bonds is 12. The van der Waals surface area contributed by atoms with E-state index in [9.17, 15) is 9.59 Å². The maximum absolute atomic E-state index is 14.4. The van der Waals surface area contributed by atoms with Gasteiger partial charge in [0, 0.05) is 31.8 Å². The second kappa shape index (κ2) is 14.3. The summed E-state index contributed by atoms with van der Waals surface area (Å²) in [6.45, 7) is 7.13. The third-order valence-electron chi connectivity index (χ3n) is 7.21. The molecule has 4 rings (SSSR count). The number of carbonyl (C=O) groups is 2. The van der Waals surface area contributed by atoms with E-state index in [0.29, 0.717) is 25.4 Å². The lowest BCUT2D eigenvalue weighted by Crippen LogP contribution is -2.51. The van der Waals surface area contributed by atoms with Crippen molar-refractivity contribution in [3.05, 3.63) is 143 Å². The molecule has 1 atom stereocenters. The Kier molecular flexibility index (Phi) is 10.3. The summed E-state index contributed by atoms with van der Waals surface area (Å²) < 4.78 is 0. The van der Waals surface area contributed by atoms with Crippen LogP contribution < -0.4 is 5.32 Å². The smallest absolute Gasteiger partial charge is 0.243 e. The van der Waals surface area contributed by atoms with E-state index in [1.54, 1.807) is 4.90 Å². The van der Waals surface area contributed by atoms with E-state index < -0.39 is 6.04 Å². The third-order valence-corrected chi connectivity index (χ3v) is 7.21. The van der Waals surface area contributed by atoms with Crippen molar-refractivity contribution in [1.82, 2.24) is 10.2 Å². The summed E-state index contributed by atoms with van der Waals surface area (Å²) >= 11 is 0. The summed E-state index contributed by atoms with van der Waals surface area (Å²) in [7, 11) is 0. The zero-order valence-electron chi connectivity index (χ0n) is 23.8. The molecule has 0 aromatic heterocycles. The molecule has 0 aliphatic carbocycles.